The maximum Gasteiger partial charge on any atom is 0.255 e. The van der Waals surface area contributed by atoms with Crippen LogP contribution in [0.25, 0.3) is 0 Å². The molecule has 1 aromatic heterocycles. The van der Waals surface area contributed by atoms with E-state index in [2.05, 4.69) is 25.2 Å². The summed E-state index contributed by atoms with van der Waals surface area (Å²) in [5, 5.41) is 6.27. The molecule has 4 aromatic rings. The van der Waals surface area contributed by atoms with Crippen molar-refractivity contribution in [3.8, 4) is 11.6 Å². The van der Waals surface area contributed by atoms with Gasteiger partial charge in [0.1, 0.15) is 11.6 Å². The first-order valence-corrected chi connectivity index (χ1v) is 15.4. The van der Waals surface area contributed by atoms with Gasteiger partial charge in [-0.2, -0.15) is 0 Å². The van der Waals surface area contributed by atoms with Gasteiger partial charge in [0.05, 0.1) is 6.26 Å². The van der Waals surface area contributed by atoms with Crippen molar-refractivity contribution in [3.63, 3.8) is 0 Å². The number of amides is 1. The molecule has 1 aliphatic rings. The van der Waals surface area contributed by atoms with Crippen LogP contribution in [0.15, 0.2) is 91.1 Å². The number of sulfonamides is 1. The lowest BCUT2D eigenvalue weighted by atomic mass is 10.0. The standard InChI is InChI=1S/C31H32FN5O4S/c1-42(39,40)36-27-10-12-29(13-11-27)41-30-14-5-22(20-33-30)21-37-17-15-26(16-18-37)34-25-8-6-23(7-9-25)31(38)35-28-4-2-3-24(32)19-28/h2-14,19-20,26,34,36H,15-18,21H2,1H3,(H,35,38). The van der Waals surface area contributed by atoms with Gasteiger partial charge in [0.25, 0.3) is 5.91 Å². The highest BCUT2D eigenvalue weighted by molar-refractivity contribution is 7.92. The normalized spacial score (nSPS) is 14.2. The molecule has 0 saturated carbocycles. The Morgan fingerprint density at radius 3 is 2.31 bits per heavy atom. The highest BCUT2D eigenvalue weighted by atomic mass is 32.2. The number of carbonyl (C=O) groups excluding carboxylic acids is 1. The fourth-order valence-corrected chi connectivity index (χ4v) is 5.27. The second-order valence-electron chi connectivity index (χ2n) is 10.2. The number of nitrogens with one attached hydrogen (secondary N) is 3. The predicted molar refractivity (Wildman–Crippen MR) is 162 cm³/mol. The highest BCUT2D eigenvalue weighted by Gasteiger charge is 2.19. The van der Waals surface area contributed by atoms with E-state index in [1.54, 1.807) is 48.5 Å². The van der Waals surface area contributed by atoms with E-state index in [-0.39, 0.29) is 5.91 Å². The molecule has 0 aliphatic carbocycles. The van der Waals surface area contributed by atoms with Crippen LogP contribution in [0.5, 0.6) is 11.6 Å². The molecule has 42 heavy (non-hydrogen) atoms. The fraction of sp³-hybridized carbons (Fsp3) is 0.226. The van der Waals surface area contributed by atoms with Crippen LogP contribution in [-0.2, 0) is 16.6 Å². The van der Waals surface area contributed by atoms with E-state index in [1.807, 2.05) is 30.5 Å². The van der Waals surface area contributed by atoms with Crippen molar-refractivity contribution in [1.82, 2.24) is 9.88 Å². The van der Waals surface area contributed by atoms with Gasteiger partial charge in [-0.25, -0.2) is 17.8 Å². The number of benzene rings is 3. The average molecular weight is 590 g/mol. The van der Waals surface area contributed by atoms with Crippen LogP contribution < -0.4 is 20.1 Å². The number of rotatable bonds is 10. The lowest BCUT2D eigenvalue weighted by molar-refractivity contribution is 0.102. The summed E-state index contributed by atoms with van der Waals surface area (Å²) in [6, 6.07) is 23.9. The largest absolute Gasteiger partial charge is 0.439 e. The Morgan fingerprint density at radius 1 is 0.952 bits per heavy atom. The van der Waals surface area contributed by atoms with Gasteiger partial charge < -0.3 is 15.4 Å². The second kappa shape index (κ2) is 13.0. The fourth-order valence-electron chi connectivity index (χ4n) is 4.71. The molecule has 3 N–H and O–H groups in total. The summed E-state index contributed by atoms with van der Waals surface area (Å²) in [5.41, 5.74) is 3.44. The number of carbonyl (C=O) groups is 1. The Bertz CT molecular complexity index is 1610. The van der Waals surface area contributed by atoms with Crippen molar-refractivity contribution >= 4 is 33.0 Å². The molecule has 1 aliphatic heterocycles. The van der Waals surface area contributed by atoms with Gasteiger partial charge in [0.15, 0.2) is 0 Å². The third kappa shape index (κ3) is 8.51. The van der Waals surface area contributed by atoms with E-state index in [9.17, 15) is 17.6 Å². The average Bonchev–Trinajstić information content (AvgIpc) is 2.96. The number of piperidine rings is 1. The molecule has 2 heterocycles. The zero-order valence-electron chi connectivity index (χ0n) is 23.1. The number of aromatic nitrogens is 1. The highest BCUT2D eigenvalue weighted by Crippen LogP contribution is 2.23. The molecule has 11 heteroatoms. The molecule has 0 unspecified atom stereocenters. The molecular formula is C31H32FN5O4S. The summed E-state index contributed by atoms with van der Waals surface area (Å²) < 4.78 is 44.3. The van der Waals surface area contributed by atoms with E-state index in [1.165, 1.54) is 12.1 Å². The maximum absolute atomic E-state index is 13.4. The summed E-state index contributed by atoms with van der Waals surface area (Å²) in [6.45, 7) is 2.68. The summed E-state index contributed by atoms with van der Waals surface area (Å²) in [4.78, 5) is 19.3. The van der Waals surface area contributed by atoms with Crippen LogP contribution in [0.1, 0.15) is 28.8 Å². The van der Waals surface area contributed by atoms with Crippen LogP contribution in [0, 0.1) is 5.82 Å². The molecule has 0 radical (unpaired) electrons. The zero-order valence-corrected chi connectivity index (χ0v) is 23.9. The Kier molecular flexibility index (Phi) is 8.99. The molecular weight excluding hydrogens is 557 g/mol. The van der Waals surface area contributed by atoms with Crippen LogP contribution in [0.4, 0.5) is 21.5 Å². The topological polar surface area (TPSA) is 113 Å². The first-order chi connectivity index (χ1) is 20.2. The number of hydrogen-bond donors (Lipinski definition) is 3. The van der Waals surface area contributed by atoms with Crippen LogP contribution in [0.3, 0.4) is 0 Å². The smallest absolute Gasteiger partial charge is 0.255 e. The van der Waals surface area contributed by atoms with Crippen molar-refractivity contribution in [2.45, 2.75) is 25.4 Å². The maximum atomic E-state index is 13.4. The van der Waals surface area contributed by atoms with Crippen molar-refractivity contribution < 1.29 is 22.3 Å². The van der Waals surface area contributed by atoms with E-state index in [0.717, 1.165) is 50.0 Å². The minimum atomic E-state index is -3.33. The molecule has 0 spiro atoms. The van der Waals surface area contributed by atoms with E-state index >= 15 is 0 Å². The SMILES string of the molecule is CS(=O)(=O)Nc1ccc(Oc2ccc(CN3CCC(Nc4ccc(C(=O)Nc5cccc(F)c5)cc4)CC3)cn2)cc1. The van der Waals surface area contributed by atoms with Crippen molar-refractivity contribution in [2.24, 2.45) is 0 Å². The van der Waals surface area contributed by atoms with Gasteiger partial charge in [-0.3, -0.25) is 14.4 Å². The number of likely N-dealkylation sites (tertiary alicyclic amines) is 1. The number of anilines is 3. The first-order valence-electron chi connectivity index (χ1n) is 13.5. The lowest BCUT2D eigenvalue weighted by Gasteiger charge is -2.32. The van der Waals surface area contributed by atoms with Gasteiger partial charge in [0.2, 0.25) is 15.9 Å². The van der Waals surface area contributed by atoms with E-state index in [4.69, 9.17) is 4.74 Å². The summed E-state index contributed by atoms with van der Waals surface area (Å²) in [7, 11) is -3.33. The Morgan fingerprint density at radius 2 is 1.67 bits per heavy atom. The quantitative estimate of drug-likeness (QED) is 0.217. The molecule has 218 valence electrons. The number of hydrogen-bond acceptors (Lipinski definition) is 7. The summed E-state index contributed by atoms with van der Waals surface area (Å²) >= 11 is 0. The van der Waals surface area contributed by atoms with Gasteiger partial charge in [0, 0.05) is 60.6 Å². The van der Waals surface area contributed by atoms with Gasteiger partial charge in [-0.15, -0.1) is 0 Å². The lowest BCUT2D eigenvalue weighted by Crippen LogP contribution is -2.38. The number of pyridine rings is 1. The van der Waals surface area contributed by atoms with Crippen molar-refractivity contribution in [3.05, 3.63) is 108 Å². The summed E-state index contributed by atoms with van der Waals surface area (Å²) in [5.74, 6) is 0.340. The van der Waals surface area contributed by atoms with E-state index in [0.29, 0.717) is 34.6 Å². The first kappa shape index (κ1) is 29.0. The molecule has 5 rings (SSSR count). The van der Waals surface area contributed by atoms with Gasteiger partial charge >= 0.3 is 0 Å². The monoisotopic (exact) mass is 589 g/mol. The second-order valence-corrected chi connectivity index (χ2v) is 12.0. The zero-order chi connectivity index (χ0) is 29.5. The van der Waals surface area contributed by atoms with Crippen molar-refractivity contribution in [2.75, 3.05) is 34.7 Å². The number of ether oxygens (including phenoxy) is 1. The van der Waals surface area contributed by atoms with Crippen LogP contribution >= 0.6 is 0 Å². The molecule has 9 nitrogen and oxygen atoms in total. The number of halogens is 1. The van der Waals surface area contributed by atoms with Gasteiger partial charge in [-0.1, -0.05) is 12.1 Å². The van der Waals surface area contributed by atoms with Crippen LogP contribution in [0.2, 0.25) is 0 Å². The molecule has 1 saturated heterocycles. The Labute approximate surface area is 244 Å². The minimum Gasteiger partial charge on any atom is -0.439 e. The third-order valence-electron chi connectivity index (χ3n) is 6.77. The molecule has 0 bridgehead atoms. The molecule has 1 fully saturated rings. The summed E-state index contributed by atoms with van der Waals surface area (Å²) in [6.07, 6.45) is 4.89. The van der Waals surface area contributed by atoms with Gasteiger partial charge in [-0.05, 0) is 85.1 Å². The predicted octanol–water partition coefficient (Wildman–Crippen LogP) is 5.71. The van der Waals surface area contributed by atoms with E-state index < -0.39 is 15.8 Å². The molecule has 3 aromatic carbocycles. The van der Waals surface area contributed by atoms with Crippen LogP contribution in [-0.4, -0.2) is 49.6 Å². The number of nitrogens with zero attached hydrogens (tertiary/aromatic N) is 2. The molecule has 1 amide bonds. The Hall–Kier alpha value is -4.48. The Balaban J connectivity index is 1.05. The third-order valence-corrected chi connectivity index (χ3v) is 7.38. The molecule has 0 atom stereocenters. The van der Waals surface area contributed by atoms with Crippen molar-refractivity contribution in [1.29, 1.82) is 0 Å². The minimum absolute atomic E-state index is 0.285.